The number of rotatable bonds is 9. The van der Waals surface area contributed by atoms with Crippen LogP contribution >= 0.6 is 23.1 Å². The quantitative estimate of drug-likeness (QED) is 0.300. The lowest BCUT2D eigenvalue weighted by Crippen LogP contribution is -2.44. The number of halogens is 2. The van der Waals surface area contributed by atoms with Crippen LogP contribution in [0.4, 0.5) is 19.9 Å². The minimum absolute atomic E-state index is 0.0367. The van der Waals surface area contributed by atoms with E-state index in [4.69, 9.17) is 4.74 Å². The Bertz CT molecular complexity index is 1280. The second kappa shape index (κ2) is 11.1. The number of nitrogens with zero attached hydrogens (tertiary/aromatic N) is 4. The van der Waals surface area contributed by atoms with Crippen molar-refractivity contribution in [3.05, 3.63) is 36.2 Å². The van der Waals surface area contributed by atoms with Crippen LogP contribution < -0.4 is 10.6 Å². The third kappa shape index (κ3) is 6.09. The zero-order valence-corrected chi connectivity index (χ0v) is 21.7. The molecule has 2 fully saturated rings. The molecule has 0 spiro atoms. The lowest BCUT2D eigenvalue weighted by Gasteiger charge is -2.32. The van der Waals surface area contributed by atoms with Gasteiger partial charge in [0, 0.05) is 54.9 Å². The highest BCUT2D eigenvalue weighted by Gasteiger charge is 2.42. The van der Waals surface area contributed by atoms with Gasteiger partial charge in [0.15, 0.2) is 5.13 Å². The number of benzene rings is 1. The first-order valence-electron chi connectivity index (χ1n) is 12.0. The largest absolute Gasteiger partial charge is 0.465 e. The lowest BCUT2D eigenvalue weighted by atomic mass is 9.88. The summed E-state index contributed by atoms with van der Waals surface area (Å²) in [6, 6.07) is 5.53. The van der Waals surface area contributed by atoms with Gasteiger partial charge < -0.3 is 20.3 Å². The van der Waals surface area contributed by atoms with Crippen LogP contribution in [-0.4, -0.2) is 70.3 Å². The molecule has 3 atom stereocenters. The highest BCUT2D eigenvalue weighted by molar-refractivity contribution is 7.99. The number of amides is 1. The van der Waals surface area contributed by atoms with Crippen LogP contribution in [-0.2, 0) is 9.53 Å². The molecule has 5 rings (SSSR count). The van der Waals surface area contributed by atoms with Crippen LogP contribution in [0.5, 0.6) is 0 Å². The van der Waals surface area contributed by atoms with Crippen molar-refractivity contribution >= 4 is 56.3 Å². The Balaban J connectivity index is 1.13. The summed E-state index contributed by atoms with van der Waals surface area (Å²) in [7, 11) is 0. The molecule has 2 unspecified atom stereocenters. The first-order valence-corrected chi connectivity index (χ1v) is 13.7. The van der Waals surface area contributed by atoms with Gasteiger partial charge in [0.1, 0.15) is 0 Å². The molecule has 1 aromatic carbocycles. The predicted octanol–water partition coefficient (Wildman–Crippen LogP) is 4.20. The Kier molecular flexibility index (Phi) is 7.70. The number of alkyl halides is 2. The standard InChI is InChI=1S/C24H26F2N6O3S2/c1-13(7-27-23-28-9-16(10-29-23)36-22(25)26)8-30-24-31-18-3-2-14(6-19(18)37-24)20(33)32-5-4-17-15(11-32)12-35-21(17)34/h2-3,6,9-10,13,15,17,22H,4-5,7-8,11-12H2,1H3,(H,30,31)(H,27,28,29)/t13-,15?,17?/m0/s1. The summed E-state index contributed by atoms with van der Waals surface area (Å²) >= 11 is 1.90. The van der Waals surface area contributed by atoms with E-state index in [-0.39, 0.29) is 29.6 Å². The summed E-state index contributed by atoms with van der Waals surface area (Å²) in [5.41, 5.74) is 1.43. The first kappa shape index (κ1) is 25.6. The van der Waals surface area contributed by atoms with Gasteiger partial charge in [-0.3, -0.25) is 9.59 Å². The monoisotopic (exact) mass is 548 g/mol. The molecular weight excluding hydrogens is 522 g/mol. The van der Waals surface area contributed by atoms with Crippen LogP contribution in [0.25, 0.3) is 10.2 Å². The minimum atomic E-state index is -2.50. The summed E-state index contributed by atoms with van der Waals surface area (Å²) in [5, 5.41) is 7.21. The molecule has 2 N–H and O–H groups in total. The second-order valence-corrected chi connectivity index (χ2v) is 11.3. The molecule has 2 aliphatic rings. The number of ether oxygens (including phenoxy) is 1. The number of hydrogen-bond donors (Lipinski definition) is 2. The zero-order valence-electron chi connectivity index (χ0n) is 20.0. The van der Waals surface area contributed by atoms with Gasteiger partial charge in [-0.05, 0) is 30.5 Å². The van der Waals surface area contributed by atoms with Crippen LogP contribution in [0.3, 0.4) is 0 Å². The summed E-state index contributed by atoms with van der Waals surface area (Å²) in [6.45, 7) is 4.78. The van der Waals surface area contributed by atoms with Gasteiger partial charge in [-0.2, -0.15) is 8.78 Å². The molecular formula is C24H26F2N6O3S2. The molecule has 196 valence electrons. The van der Waals surface area contributed by atoms with E-state index in [0.717, 1.165) is 15.3 Å². The fourth-order valence-corrected chi connectivity index (χ4v) is 5.82. The number of thiazole rings is 1. The van der Waals surface area contributed by atoms with Crippen LogP contribution in [0, 0.1) is 17.8 Å². The van der Waals surface area contributed by atoms with Gasteiger partial charge in [0.05, 0.1) is 22.7 Å². The molecule has 0 aliphatic carbocycles. The molecule has 3 aromatic rings. The third-order valence-electron chi connectivity index (χ3n) is 6.46. The van der Waals surface area contributed by atoms with Crippen molar-refractivity contribution in [3.8, 4) is 0 Å². The van der Waals surface area contributed by atoms with Gasteiger partial charge in [-0.1, -0.05) is 30.0 Å². The van der Waals surface area contributed by atoms with Crippen molar-refractivity contribution in [3.63, 3.8) is 0 Å². The van der Waals surface area contributed by atoms with E-state index in [1.54, 1.807) is 6.07 Å². The minimum Gasteiger partial charge on any atom is -0.465 e. The highest BCUT2D eigenvalue weighted by Crippen LogP contribution is 2.32. The number of thioether (sulfide) groups is 1. The first-order chi connectivity index (χ1) is 17.9. The number of nitrogens with one attached hydrogen (secondary N) is 2. The Morgan fingerprint density at radius 1 is 1.27 bits per heavy atom. The molecule has 37 heavy (non-hydrogen) atoms. The number of cyclic esters (lactones) is 1. The zero-order chi connectivity index (χ0) is 25.9. The number of esters is 1. The van der Waals surface area contributed by atoms with Crippen LogP contribution in [0.15, 0.2) is 35.5 Å². The Morgan fingerprint density at radius 2 is 2.05 bits per heavy atom. The van der Waals surface area contributed by atoms with E-state index < -0.39 is 5.76 Å². The van der Waals surface area contributed by atoms with E-state index in [1.807, 2.05) is 17.0 Å². The van der Waals surface area contributed by atoms with Gasteiger partial charge in [-0.15, -0.1) is 0 Å². The average Bonchev–Trinajstić information content (AvgIpc) is 3.48. The highest BCUT2D eigenvalue weighted by atomic mass is 32.2. The summed E-state index contributed by atoms with van der Waals surface area (Å²) in [6.07, 6.45) is 3.40. The molecule has 0 saturated carbocycles. The number of carbonyl (C=O) groups excluding carboxylic acids is 2. The SMILES string of the molecule is C[C@@H](CNc1ncc(SC(F)F)cn1)CNc1nc2ccc(C(=O)N3CCC4C(=O)OCC4C3)cc2s1. The number of carbonyl (C=O) groups is 2. The van der Waals surface area contributed by atoms with Crippen molar-refractivity contribution in [1.29, 1.82) is 0 Å². The summed E-state index contributed by atoms with van der Waals surface area (Å²) < 4.78 is 30.9. The normalized spacial score (nSPS) is 20.1. The topological polar surface area (TPSA) is 109 Å². The average molecular weight is 549 g/mol. The number of fused-ring (bicyclic) bond motifs is 2. The smallest absolute Gasteiger partial charge is 0.309 e. The van der Waals surface area contributed by atoms with E-state index in [2.05, 4.69) is 32.5 Å². The Hall–Kier alpha value is -3.06. The van der Waals surface area contributed by atoms with Gasteiger partial charge in [-0.25, -0.2) is 15.0 Å². The van der Waals surface area contributed by atoms with E-state index in [1.165, 1.54) is 23.7 Å². The van der Waals surface area contributed by atoms with Crippen molar-refractivity contribution in [2.24, 2.45) is 17.8 Å². The third-order valence-corrected chi connectivity index (χ3v) is 8.10. The van der Waals surface area contributed by atoms with Crippen molar-refractivity contribution in [1.82, 2.24) is 19.9 Å². The Morgan fingerprint density at radius 3 is 2.84 bits per heavy atom. The maximum Gasteiger partial charge on any atom is 0.309 e. The maximum absolute atomic E-state index is 13.1. The van der Waals surface area contributed by atoms with E-state index in [9.17, 15) is 18.4 Å². The molecule has 2 saturated heterocycles. The number of hydrogen-bond acceptors (Lipinski definition) is 10. The fraction of sp³-hybridized carbons (Fsp3) is 0.458. The number of aromatic nitrogens is 3. The second-order valence-electron chi connectivity index (χ2n) is 9.23. The Labute approximate surface area is 220 Å². The lowest BCUT2D eigenvalue weighted by molar-refractivity contribution is -0.141. The number of anilines is 2. The summed E-state index contributed by atoms with van der Waals surface area (Å²) in [4.78, 5) is 39.8. The molecule has 0 bridgehead atoms. The van der Waals surface area contributed by atoms with Crippen molar-refractivity contribution < 1.29 is 23.1 Å². The predicted molar refractivity (Wildman–Crippen MR) is 138 cm³/mol. The molecule has 9 nitrogen and oxygen atoms in total. The number of piperidine rings is 1. The molecule has 0 radical (unpaired) electrons. The number of likely N-dealkylation sites (tertiary alicyclic amines) is 1. The van der Waals surface area contributed by atoms with Crippen LogP contribution in [0.2, 0.25) is 0 Å². The fourth-order valence-electron chi connectivity index (χ4n) is 4.48. The molecule has 2 aromatic heterocycles. The van der Waals surface area contributed by atoms with E-state index >= 15 is 0 Å². The molecule has 13 heteroatoms. The molecule has 4 heterocycles. The van der Waals surface area contributed by atoms with Gasteiger partial charge >= 0.3 is 5.97 Å². The van der Waals surface area contributed by atoms with Crippen LogP contribution in [0.1, 0.15) is 23.7 Å². The molecule has 1 amide bonds. The van der Waals surface area contributed by atoms with Crippen molar-refractivity contribution in [2.45, 2.75) is 24.0 Å². The summed E-state index contributed by atoms with van der Waals surface area (Å²) in [5.74, 6) is -2.07. The van der Waals surface area contributed by atoms with E-state index in [0.29, 0.717) is 67.4 Å². The van der Waals surface area contributed by atoms with Crippen molar-refractivity contribution in [2.75, 3.05) is 43.4 Å². The van der Waals surface area contributed by atoms with Gasteiger partial charge in [0.25, 0.3) is 11.7 Å². The maximum atomic E-state index is 13.1. The molecule has 2 aliphatic heterocycles. The van der Waals surface area contributed by atoms with Gasteiger partial charge in [0.2, 0.25) is 5.95 Å².